The zero-order valence-corrected chi connectivity index (χ0v) is 20.7. The number of unbranched alkanes of at least 4 members (excludes halogenated alkanes) is 22. The van der Waals surface area contributed by atoms with Crippen molar-refractivity contribution < 1.29 is 5.11 Å². The van der Waals surface area contributed by atoms with E-state index in [1.165, 1.54) is 141 Å². The highest BCUT2D eigenvalue weighted by molar-refractivity contribution is 4.52. The first-order valence-electron chi connectivity index (χ1n) is 13.9. The molecule has 0 N–H and O–H groups in total. The molecule has 1 radical (unpaired) electrons. The lowest BCUT2D eigenvalue weighted by Crippen LogP contribution is -1.87. The summed E-state index contributed by atoms with van der Waals surface area (Å²) in [6.45, 7) is 4.80. The summed E-state index contributed by atoms with van der Waals surface area (Å²) in [5.41, 5.74) is 0. The molecule has 0 bridgehead atoms. The fraction of sp³-hybridized carbons (Fsp3) is 1.00. The summed E-state index contributed by atoms with van der Waals surface area (Å²) >= 11 is 0. The van der Waals surface area contributed by atoms with Gasteiger partial charge in [0.25, 0.3) is 0 Å². The highest BCUT2D eigenvalue weighted by Crippen LogP contribution is 2.16. The molecule has 0 fully saturated rings. The highest BCUT2D eigenvalue weighted by atomic mass is 16.2. The van der Waals surface area contributed by atoms with Crippen molar-refractivity contribution in [2.24, 2.45) is 5.92 Å². The first-order valence-corrected chi connectivity index (χ1v) is 13.9. The van der Waals surface area contributed by atoms with Gasteiger partial charge in [-0.2, -0.15) is 0 Å². The van der Waals surface area contributed by atoms with Crippen molar-refractivity contribution in [3.05, 3.63) is 0 Å². The topological polar surface area (TPSA) is 19.9 Å². The van der Waals surface area contributed by atoms with E-state index in [0.717, 1.165) is 18.8 Å². The molecule has 0 saturated carbocycles. The summed E-state index contributed by atoms with van der Waals surface area (Å²) in [5, 5.41) is 10.4. The van der Waals surface area contributed by atoms with Gasteiger partial charge in [0.15, 0.2) is 0 Å². The maximum Gasteiger partial charge on any atom is 0.0822 e. The van der Waals surface area contributed by atoms with Gasteiger partial charge in [0.1, 0.15) is 0 Å². The number of hydrogen-bond acceptors (Lipinski definition) is 0. The molecule has 1 heteroatoms. The van der Waals surface area contributed by atoms with Crippen LogP contribution in [-0.2, 0) is 5.11 Å². The van der Waals surface area contributed by atoms with E-state index in [0.29, 0.717) is 0 Å². The van der Waals surface area contributed by atoms with Crippen molar-refractivity contribution in [3.63, 3.8) is 0 Å². The molecule has 29 heavy (non-hydrogen) atoms. The average molecular weight is 410 g/mol. The summed E-state index contributed by atoms with van der Waals surface area (Å²) in [7, 11) is 0. The van der Waals surface area contributed by atoms with Gasteiger partial charge in [0.05, 0.1) is 6.61 Å². The lowest BCUT2D eigenvalue weighted by Gasteiger charge is -2.05. The Morgan fingerprint density at radius 1 is 0.345 bits per heavy atom. The van der Waals surface area contributed by atoms with Crippen LogP contribution < -0.4 is 0 Å². The van der Waals surface area contributed by atoms with E-state index in [2.05, 4.69) is 13.8 Å². The van der Waals surface area contributed by atoms with Crippen molar-refractivity contribution in [2.45, 2.75) is 168 Å². The van der Waals surface area contributed by atoms with Gasteiger partial charge in [-0.1, -0.05) is 162 Å². The number of hydrogen-bond donors (Lipinski definition) is 0. The molecule has 0 rings (SSSR count). The standard InChI is InChI=1S/C28H57O/c1-28(2)26-24-22-20-18-16-14-12-10-8-6-4-3-5-7-9-11-13-15-17-19-21-23-25-27-29/h28H,3-27H2,1-2H3. The Labute approximate surface area is 185 Å². The summed E-state index contributed by atoms with van der Waals surface area (Å²) in [4.78, 5) is 0. The second kappa shape index (κ2) is 26.0. The first-order chi connectivity index (χ1) is 14.3. The van der Waals surface area contributed by atoms with Crippen molar-refractivity contribution >= 4 is 0 Å². The third-order valence-electron chi connectivity index (χ3n) is 6.43. The fourth-order valence-corrected chi connectivity index (χ4v) is 4.37. The summed E-state index contributed by atoms with van der Waals surface area (Å²) in [6.07, 6.45) is 33.8. The molecule has 0 unspecified atom stereocenters. The van der Waals surface area contributed by atoms with E-state index in [-0.39, 0.29) is 6.61 Å². The maximum atomic E-state index is 10.4. The van der Waals surface area contributed by atoms with Crippen LogP contribution in [0.3, 0.4) is 0 Å². The molecule has 0 saturated heterocycles. The molecule has 0 heterocycles. The van der Waals surface area contributed by atoms with E-state index in [9.17, 15) is 5.11 Å². The Morgan fingerprint density at radius 3 is 0.759 bits per heavy atom. The van der Waals surface area contributed by atoms with Gasteiger partial charge in [-0.25, -0.2) is 5.11 Å². The van der Waals surface area contributed by atoms with Crippen LogP contribution in [0.15, 0.2) is 0 Å². The minimum atomic E-state index is 0.124. The molecule has 0 aromatic heterocycles. The molecule has 0 spiro atoms. The van der Waals surface area contributed by atoms with Crippen LogP contribution in [0.25, 0.3) is 0 Å². The predicted molar refractivity (Wildman–Crippen MR) is 131 cm³/mol. The fourth-order valence-electron chi connectivity index (χ4n) is 4.37. The summed E-state index contributed by atoms with van der Waals surface area (Å²) in [5.74, 6) is 0.891. The Kier molecular flexibility index (Phi) is 26.0. The Morgan fingerprint density at radius 2 is 0.552 bits per heavy atom. The third-order valence-corrected chi connectivity index (χ3v) is 6.43. The van der Waals surface area contributed by atoms with E-state index in [1.807, 2.05) is 0 Å². The van der Waals surface area contributed by atoms with Gasteiger partial charge in [-0.05, 0) is 12.3 Å². The minimum absolute atomic E-state index is 0.124. The normalized spacial score (nSPS) is 11.6. The molecular weight excluding hydrogens is 352 g/mol. The van der Waals surface area contributed by atoms with Gasteiger partial charge in [0, 0.05) is 0 Å². The van der Waals surface area contributed by atoms with Crippen LogP contribution in [0, 0.1) is 5.92 Å². The van der Waals surface area contributed by atoms with Crippen molar-refractivity contribution in [1.29, 1.82) is 0 Å². The summed E-state index contributed by atoms with van der Waals surface area (Å²) in [6, 6.07) is 0. The van der Waals surface area contributed by atoms with E-state index in [4.69, 9.17) is 0 Å². The zero-order valence-electron chi connectivity index (χ0n) is 20.7. The Balaban J connectivity index is 2.98. The van der Waals surface area contributed by atoms with E-state index >= 15 is 0 Å². The van der Waals surface area contributed by atoms with Gasteiger partial charge in [0.2, 0.25) is 0 Å². The van der Waals surface area contributed by atoms with Gasteiger partial charge >= 0.3 is 0 Å². The molecule has 0 aromatic rings. The van der Waals surface area contributed by atoms with Crippen LogP contribution in [-0.4, -0.2) is 6.61 Å². The lowest BCUT2D eigenvalue weighted by molar-refractivity contribution is 0.186. The molecular formula is C28H57O. The Hall–Kier alpha value is -0.0400. The molecule has 175 valence electrons. The van der Waals surface area contributed by atoms with Crippen molar-refractivity contribution in [3.8, 4) is 0 Å². The maximum absolute atomic E-state index is 10.4. The van der Waals surface area contributed by atoms with Crippen LogP contribution in [0.4, 0.5) is 0 Å². The molecule has 0 aliphatic carbocycles. The van der Waals surface area contributed by atoms with Gasteiger partial charge in [-0.15, -0.1) is 0 Å². The SMILES string of the molecule is CC(C)CCCCCCCCCCCCCCCCCCCCCCCCC[O]. The van der Waals surface area contributed by atoms with E-state index in [1.54, 1.807) is 0 Å². The van der Waals surface area contributed by atoms with Crippen molar-refractivity contribution in [1.82, 2.24) is 0 Å². The number of rotatable bonds is 25. The monoisotopic (exact) mass is 409 g/mol. The van der Waals surface area contributed by atoms with Crippen molar-refractivity contribution in [2.75, 3.05) is 6.61 Å². The predicted octanol–water partition coefficient (Wildman–Crippen LogP) is 10.4. The second-order valence-electron chi connectivity index (χ2n) is 10.0. The Bertz CT molecular complexity index is 273. The molecule has 0 aliphatic heterocycles. The van der Waals surface area contributed by atoms with Crippen LogP contribution in [0.1, 0.15) is 168 Å². The van der Waals surface area contributed by atoms with Gasteiger partial charge in [-0.3, -0.25) is 0 Å². The third kappa shape index (κ3) is 28.0. The first kappa shape index (κ1) is 29.0. The van der Waals surface area contributed by atoms with E-state index < -0.39 is 0 Å². The van der Waals surface area contributed by atoms with Crippen LogP contribution in [0.5, 0.6) is 0 Å². The molecule has 0 atom stereocenters. The minimum Gasteiger partial charge on any atom is -0.237 e. The quantitative estimate of drug-likeness (QED) is 0.134. The molecule has 0 aliphatic rings. The van der Waals surface area contributed by atoms with Crippen LogP contribution in [0.2, 0.25) is 0 Å². The average Bonchev–Trinajstić information content (AvgIpc) is 2.71. The van der Waals surface area contributed by atoms with Crippen LogP contribution >= 0.6 is 0 Å². The zero-order chi connectivity index (χ0) is 21.3. The summed E-state index contributed by atoms with van der Waals surface area (Å²) < 4.78 is 0. The largest absolute Gasteiger partial charge is 0.237 e. The molecule has 0 aromatic carbocycles. The lowest BCUT2D eigenvalue weighted by atomic mass is 10.0. The van der Waals surface area contributed by atoms with Gasteiger partial charge < -0.3 is 0 Å². The second-order valence-corrected chi connectivity index (χ2v) is 10.0. The molecule has 1 nitrogen and oxygen atoms in total. The highest BCUT2D eigenvalue weighted by Gasteiger charge is 1.97. The molecule has 0 amide bonds. The smallest absolute Gasteiger partial charge is 0.0822 e.